The van der Waals surface area contributed by atoms with Crippen molar-refractivity contribution in [2.24, 2.45) is 0 Å². The van der Waals surface area contributed by atoms with Gasteiger partial charge in [-0.2, -0.15) is 0 Å². The van der Waals surface area contributed by atoms with Gasteiger partial charge >= 0.3 is 6.09 Å². The Labute approximate surface area is 170 Å². The molecule has 2 amide bonds. The first-order chi connectivity index (χ1) is 14.1. The van der Waals surface area contributed by atoms with Gasteiger partial charge in [0.25, 0.3) is 5.91 Å². The summed E-state index contributed by atoms with van der Waals surface area (Å²) >= 11 is 0. The molecule has 1 saturated heterocycles. The second-order valence-electron chi connectivity index (χ2n) is 6.79. The summed E-state index contributed by atoms with van der Waals surface area (Å²) in [5.74, 6) is -0.214. The lowest BCUT2D eigenvalue weighted by molar-refractivity contribution is 0.0968. The molecule has 29 heavy (non-hydrogen) atoms. The number of hydrogen-bond donors (Lipinski definition) is 3. The molecule has 154 valence electrons. The molecule has 0 aliphatic carbocycles. The maximum absolute atomic E-state index is 12.4. The van der Waals surface area contributed by atoms with E-state index in [4.69, 9.17) is 15.2 Å². The first kappa shape index (κ1) is 20.5. The van der Waals surface area contributed by atoms with E-state index in [1.807, 2.05) is 24.3 Å². The molecule has 0 bridgehead atoms. The molecule has 1 aliphatic heterocycles. The van der Waals surface area contributed by atoms with E-state index in [-0.39, 0.29) is 18.6 Å². The quantitative estimate of drug-likeness (QED) is 0.489. The van der Waals surface area contributed by atoms with Crippen LogP contribution in [-0.4, -0.2) is 51.5 Å². The lowest BCUT2D eigenvalue weighted by Gasteiger charge is -2.19. The molecule has 3 rings (SSSR count). The van der Waals surface area contributed by atoms with Crippen LogP contribution in [0.1, 0.15) is 16.8 Å². The Bertz CT molecular complexity index is 841. The number of anilines is 3. The molecule has 4 N–H and O–H groups in total. The van der Waals surface area contributed by atoms with Crippen LogP contribution in [-0.2, 0) is 9.47 Å². The van der Waals surface area contributed by atoms with Crippen LogP contribution in [0.25, 0.3) is 0 Å². The van der Waals surface area contributed by atoms with Gasteiger partial charge in [-0.15, -0.1) is 0 Å². The first-order valence-corrected chi connectivity index (χ1v) is 9.50. The summed E-state index contributed by atoms with van der Waals surface area (Å²) in [4.78, 5) is 26.3. The van der Waals surface area contributed by atoms with E-state index in [1.54, 1.807) is 31.4 Å². The fraction of sp³-hybridized carbons (Fsp3) is 0.333. The molecule has 0 aromatic heterocycles. The molecule has 2 aromatic rings. The summed E-state index contributed by atoms with van der Waals surface area (Å²) in [5.41, 5.74) is 8.53. The fourth-order valence-corrected chi connectivity index (χ4v) is 3.17. The third-order valence-corrected chi connectivity index (χ3v) is 4.73. The van der Waals surface area contributed by atoms with Crippen LogP contribution in [0.15, 0.2) is 48.5 Å². The number of benzene rings is 2. The summed E-state index contributed by atoms with van der Waals surface area (Å²) in [7, 11) is 1.56. The molecule has 0 spiro atoms. The number of methoxy groups -OCH3 is 1. The average molecular weight is 398 g/mol. The second kappa shape index (κ2) is 9.79. The SMILES string of the molecule is COCCOC(=O)N[C@H]1CCN(c2ccc(C(=O)Nc3ccccc3N)cc2)C1. The number of carbonyl (C=O) groups excluding carboxylic acids is 2. The van der Waals surface area contributed by atoms with Crippen LogP contribution in [0.3, 0.4) is 0 Å². The van der Waals surface area contributed by atoms with Crippen LogP contribution in [0, 0.1) is 0 Å². The minimum atomic E-state index is -0.430. The van der Waals surface area contributed by atoms with Gasteiger partial charge in [0.2, 0.25) is 0 Å². The average Bonchev–Trinajstić information content (AvgIpc) is 3.18. The Morgan fingerprint density at radius 1 is 1.14 bits per heavy atom. The standard InChI is InChI=1S/C21H26N4O4/c1-28-12-13-29-21(27)23-16-10-11-25(14-16)17-8-6-15(7-9-17)20(26)24-19-5-3-2-4-18(19)22/h2-9,16H,10-14,22H2,1H3,(H,23,27)(H,24,26)/t16-/m0/s1. The topological polar surface area (TPSA) is 106 Å². The number of alkyl carbamates (subject to hydrolysis) is 1. The van der Waals surface area contributed by atoms with Crippen molar-refractivity contribution in [1.29, 1.82) is 0 Å². The predicted molar refractivity (Wildman–Crippen MR) is 112 cm³/mol. The van der Waals surface area contributed by atoms with Crippen molar-refractivity contribution in [2.75, 3.05) is 49.4 Å². The highest BCUT2D eigenvalue weighted by molar-refractivity contribution is 6.05. The van der Waals surface area contributed by atoms with Crippen molar-refractivity contribution in [1.82, 2.24) is 5.32 Å². The Hall–Kier alpha value is -3.26. The van der Waals surface area contributed by atoms with Gasteiger partial charge in [0.15, 0.2) is 0 Å². The van der Waals surface area contributed by atoms with Gasteiger partial charge in [-0.05, 0) is 42.8 Å². The van der Waals surface area contributed by atoms with Gasteiger partial charge in [0.05, 0.1) is 24.0 Å². The molecule has 0 radical (unpaired) electrons. The number of nitrogens with zero attached hydrogens (tertiary/aromatic N) is 1. The maximum atomic E-state index is 12.4. The minimum absolute atomic E-state index is 0.0223. The first-order valence-electron chi connectivity index (χ1n) is 9.50. The lowest BCUT2D eigenvalue weighted by atomic mass is 10.1. The van der Waals surface area contributed by atoms with E-state index in [2.05, 4.69) is 15.5 Å². The molecule has 1 heterocycles. The Kier molecular flexibility index (Phi) is 6.91. The molecular formula is C21H26N4O4. The van der Waals surface area contributed by atoms with Gasteiger partial charge in [-0.25, -0.2) is 4.79 Å². The monoisotopic (exact) mass is 398 g/mol. The van der Waals surface area contributed by atoms with Gasteiger partial charge in [0, 0.05) is 31.5 Å². The molecule has 8 nitrogen and oxygen atoms in total. The Morgan fingerprint density at radius 2 is 1.90 bits per heavy atom. The van der Waals surface area contributed by atoms with Crippen molar-refractivity contribution >= 4 is 29.1 Å². The molecule has 1 fully saturated rings. The van der Waals surface area contributed by atoms with Crippen LogP contribution in [0.4, 0.5) is 21.9 Å². The lowest BCUT2D eigenvalue weighted by Crippen LogP contribution is -2.37. The number of nitrogens with one attached hydrogen (secondary N) is 2. The van der Waals surface area contributed by atoms with Gasteiger partial charge in [0.1, 0.15) is 6.61 Å². The number of rotatable bonds is 7. The third-order valence-electron chi connectivity index (χ3n) is 4.73. The van der Waals surface area contributed by atoms with E-state index in [1.165, 1.54) is 0 Å². The van der Waals surface area contributed by atoms with Crippen LogP contribution < -0.4 is 21.3 Å². The largest absolute Gasteiger partial charge is 0.447 e. The molecule has 1 atom stereocenters. The van der Waals surface area contributed by atoms with Crippen LogP contribution in [0.2, 0.25) is 0 Å². The van der Waals surface area contributed by atoms with Crippen LogP contribution >= 0.6 is 0 Å². The zero-order chi connectivity index (χ0) is 20.6. The van der Waals surface area contributed by atoms with Gasteiger partial charge < -0.3 is 30.7 Å². The number of ether oxygens (including phenoxy) is 2. The predicted octanol–water partition coefficient (Wildman–Crippen LogP) is 2.47. The number of nitrogens with two attached hydrogens (primary N) is 1. The van der Waals surface area contributed by atoms with Gasteiger partial charge in [-0.3, -0.25) is 4.79 Å². The highest BCUT2D eigenvalue weighted by Gasteiger charge is 2.24. The summed E-state index contributed by atoms with van der Waals surface area (Å²) in [6, 6.07) is 14.5. The number of para-hydroxylation sites is 2. The Balaban J connectivity index is 1.52. The smallest absolute Gasteiger partial charge is 0.407 e. The number of carbonyl (C=O) groups is 2. The van der Waals surface area contributed by atoms with Crippen molar-refractivity contribution < 1.29 is 19.1 Å². The van der Waals surface area contributed by atoms with Gasteiger partial charge in [-0.1, -0.05) is 12.1 Å². The summed E-state index contributed by atoms with van der Waals surface area (Å²) in [5, 5.41) is 5.68. The maximum Gasteiger partial charge on any atom is 0.407 e. The van der Waals surface area contributed by atoms with E-state index in [0.717, 1.165) is 18.7 Å². The molecule has 0 unspecified atom stereocenters. The second-order valence-corrected chi connectivity index (χ2v) is 6.79. The van der Waals surface area contributed by atoms with Crippen molar-refractivity contribution in [3.63, 3.8) is 0 Å². The molecule has 0 saturated carbocycles. The molecule has 1 aliphatic rings. The molecular weight excluding hydrogens is 372 g/mol. The van der Waals surface area contributed by atoms with E-state index < -0.39 is 6.09 Å². The van der Waals surface area contributed by atoms with E-state index in [0.29, 0.717) is 30.1 Å². The van der Waals surface area contributed by atoms with Crippen molar-refractivity contribution in [2.45, 2.75) is 12.5 Å². The summed E-state index contributed by atoms with van der Waals surface area (Å²) in [6.07, 6.45) is 0.399. The normalized spacial score (nSPS) is 15.8. The number of nitrogen functional groups attached to an aromatic ring is 1. The number of amides is 2. The summed E-state index contributed by atoms with van der Waals surface area (Å²) < 4.78 is 9.89. The Morgan fingerprint density at radius 3 is 2.62 bits per heavy atom. The number of hydrogen-bond acceptors (Lipinski definition) is 6. The minimum Gasteiger partial charge on any atom is -0.447 e. The zero-order valence-electron chi connectivity index (χ0n) is 16.4. The molecule has 2 aromatic carbocycles. The highest BCUT2D eigenvalue weighted by Crippen LogP contribution is 2.22. The third kappa shape index (κ3) is 5.61. The van der Waals surface area contributed by atoms with Crippen molar-refractivity contribution in [3.05, 3.63) is 54.1 Å². The summed E-state index contributed by atoms with van der Waals surface area (Å²) in [6.45, 7) is 2.11. The zero-order valence-corrected chi connectivity index (χ0v) is 16.4. The van der Waals surface area contributed by atoms with E-state index >= 15 is 0 Å². The highest BCUT2D eigenvalue weighted by atomic mass is 16.6. The van der Waals surface area contributed by atoms with Crippen LogP contribution in [0.5, 0.6) is 0 Å². The fourth-order valence-electron chi connectivity index (χ4n) is 3.17. The van der Waals surface area contributed by atoms with Crippen molar-refractivity contribution in [3.8, 4) is 0 Å². The van der Waals surface area contributed by atoms with E-state index in [9.17, 15) is 9.59 Å². The molecule has 8 heteroatoms.